The molecule has 1 heteroatoms. The second-order valence-corrected chi connectivity index (χ2v) is 5.43. The van der Waals surface area contributed by atoms with E-state index in [9.17, 15) is 5.11 Å². The molecule has 1 N–H and O–H groups in total. The summed E-state index contributed by atoms with van der Waals surface area (Å²) < 4.78 is 0. The largest absolute Gasteiger partial charge is 0.393 e. The van der Waals surface area contributed by atoms with Crippen LogP contribution in [-0.4, -0.2) is 11.2 Å². The molecule has 4 atom stereocenters. The molecule has 0 aromatic heterocycles. The van der Waals surface area contributed by atoms with Crippen LogP contribution in [0.4, 0.5) is 0 Å². The van der Waals surface area contributed by atoms with E-state index in [-0.39, 0.29) is 6.10 Å². The van der Waals surface area contributed by atoms with Crippen LogP contribution >= 0.6 is 0 Å². The third-order valence-corrected chi connectivity index (χ3v) is 4.47. The standard InChI is InChI=1S/C13H24O/c1-2-13(14)5-3-4-11-8-10-6-7-12(11)9-10/h10-14H,2-9H2,1H3. The van der Waals surface area contributed by atoms with Crippen molar-refractivity contribution in [1.82, 2.24) is 0 Å². The van der Waals surface area contributed by atoms with Crippen molar-refractivity contribution in [2.45, 2.75) is 64.4 Å². The number of aliphatic hydroxyl groups excluding tert-OH is 1. The molecule has 2 saturated carbocycles. The first-order valence-electron chi connectivity index (χ1n) is 6.47. The number of rotatable bonds is 5. The van der Waals surface area contributed by atoms with E-state index in [0.29, 0.717) is 0 Å². The fraction of sp³-hybridized carbons (Fsp3) is 1.00. The Hall–Kier alpha value is -0.0400. The molecule has 1 nitrogen and oxygen atoms in total. The first-order chi connectivity index (χ1) is 6.79. The van der Waals surface area contributed by atoms with E-state index in [0.717, 1.165) is 30.6 Å². The van der Waals surface area contributed by atoms with Gasteiger partial charge in [-0.1, -0.05) is 26.2 Å². The van der Waals surface area contributed by atoms with Gasteiger partial charge in [0.25, 0.3) is 0 Å². The molecule has 0 heterocycles. The van der Waals surface area contributed by atoms with E-state index in [2.05, 4.69) is 6.92 Å². The highest BCUT2D eigenvalue weighted by atomic mass is 16.3. The summed E-state index contributed by atoms with van der Waals surface area (Å²) in [5, 5.41) is 9.46. The molecule has 0 radical (unpaired) electrons. The van der Waals surface area contributed by atoms with Crippen LogP contribution in [0.1, 0.15) is 58.3 Å². The van der Waals surface area contributed by atoms with Gasteiger partial charge in [0, 0.05) is 0 Å². The van der Waals surface area contributed by atoms with Crippen LogP contribution in [0.3, 0.4) is 0 Å². The van der Waals surface area contributed by atoms with Gasteiger partial charge in [0.1, 0.15) is 0 Å². The molecule has 2 bridgehead atoms. The van der Waals surface area contributed by atoms with Crippen molar-refractivity contribution in [3.8, 4) is 0 Å². The van der Waals surface area contributed by atoms with Gasteiger partial charge in [0.2, 0.25) is 0 Å². The molecule has 14 heavy (non-hydrogen) atoms. The molecule has 82 valence electrons. The lowest BCUT2D eigenvalue weighted by Gasteiger charge is -2.21. The molecule has 0 amide bonds. The smallest absolute Gasteiger partial charge is 0.0537 e. The van der Waals surface area contributed by atoms with Gasteiger partial charge >= 0.3 is 0 Å². The zero-order chi connectivity index (χ0) is 9.97. The van der Waals surface area contributed by atoms with Crippen LogP contribution in [0.25, 0.3) is 0 Å². The van der Waals surface area contributed by atoms with Crippen LogP contribution < -0.4 is 0 Å². The average molecular weight is 196 g/mol. The predicted molar refractivity (Wildman–Crippen MR) is 59.1 cm³/mol. The van der Waals surface area contributed by atoms with Crippen molar-refractivity contribution < 1.29 is 5.11 Å². The average Bonchev–Trinajstić information content (AvgIpc) is 2.79. The summed E-state index contributed by atoms with van der Waals surface area (Å²) in [5.41, 5.74) is 0. The molecule has 2 aliphatic carbocycles. The maximum Gasteiger partial charge on any atom is 0.0537 e. The van der Waals surface area contributed by atoms with E-state index < -0.39 is 0 Å². The van der Waals surface area contributed by atoms with Gasteiger partial charge in [-0.05, 0) is 49.9 Å². The van der Waals surface area contributed by atoms with Crippen LogP contribution in [0.2, 0.25) is 0 Å². The van der Waals surface area contributed by atoms with Crippen LogP contribution in [0, 0.1) is 17.8 Å². The topological polar surface area (TPSA) is 20.2 Å². The normalized spacial score (nSPS) is 37.7. The second kappa shape index (κ2) is 4.65. The minimum Gasteiger partial charge on any atom is -0.393 e. The summed E-state index contributed by atoms with van der Waals surface area (Å²) in [6.07, 6.45) is 10.6. The molecule has 0 saturated heterocycles. The maximum atomic E-state index is 9.46. The Morgan fingerprint density at radius 1 is 1.29 bits per heavy atom. The Balaban J connectivity index is 1.62. The summed E-state index contributed by atoms with van der Waals surface area (Å²) in [6, 6.07) is 0. The van der Waals surface area contributed by atoms with Crippen LogP contribution in [0.15, 0.2) is 0 Å². The molecule has 2 aliphatic rings. The molecule has 0 aliphatic heterocycles. The van der Waals surface area contributed by atoms with E-state index in [1.165, 1.54) is 38.5 Å². The lowest BCUT2D eigenvalue weighted by atomic mass is 9.85. The van der Waals surface area contributed by atoms with Crippen molar-refractivity contribution in [2.75, 3.05) is 0 Å². The van der Waals surface area contributed by atoms with Crippen molar-refractivity contribution in [3.63, 3.8) is 0 Å². The minimum absolute atomic E-state index is 0.0337. The Morgan fingerprint density at radius 2 is 2.14 bits per heavy atom. The molecule has 2 fully saturated rings. The van der Waals surface area contributed by atoms with Crippen LogP contribution in [-0.2, 0) is 0 Å². The highest BCUT2D eigenvalue weighted by molar-refractivity contribution is 4.89. The van der Waals surface area contributed by atoms with Gasteiger partial charge < -0.3 is 5.11 Å². The fourth-order valence-corrected chi connectivity index (χ4v) is 3.55. The number of aliphatic hydroxyl groups is 1. The summed E-state index contributed by atoms with van der Waals surface area (Å²) in [7, 11) is 0. The zero-order valence-electron chi connectivity index (χ0n) is 9.41. The molecule has 4 unspecified atom stereocenters. The molecule has 2 rings (SSSR count). The maximum absolute atomic E-state index is 9.46. The number of hydrogen-bond donors (Lipinski definition) is 1. The van der Waals surface area contributed by atoms with Gasteiger partial charge in [-0.15, -0.1) is 0 Å². The summed E-state index contributed by atoms with van der Waals surface area (Å²) in [4.78, 5) is 0. The summed E-state index contributed by atoms with van der Waals surface area (Å²) >= 11 is 0. The highest BCUT2D eigenvalue weighted by Crippen LogP contribution is 2.49. The van der Waals surface area contributed by atoms with Crippen molar-refractivity contribution in [1.29, 1.82) is 0 Å². The minimum atomic E-state index is -0.0337. The Morgan fingerprint density at radius 3 is 2.71 bits per heavy atom. The van der Waals surface area contributed by atoms with Gasteiger partial charge in [0.05, 0.1) is 6.10 Å². The van der Waals surface area contributed by atoms with Gasteiger partial charge in [-0.25, -0.2) is 0 Å². The van der Waals surface area contributed by atoms with E-state index in [1.807, 2.05) is 0 Å². The number of fused-ring (bicyclic) bond motifs is 2. The molecular weight excluding hydrogens is 172 g/mol. The van der Waals surface area contributed by atoms with Gasteiger partial charge in [0.15, 0.2) is 0 Å². The molecule has 0 aromatic carbocycles. The first kappa shape index (κ1) is 10.5. The molecular formula is C13H24O. The lowest BCUT2D eigenvalue weighted by Crippen LogP contribution is -2.11. The van der Waals surface area contributed by atoms with E-state index in [4.69, 9.17) is 0 Å². The van der Waals surface area contributed by atoms with Gasteiger partial charge in [-0.3, -0.25) is 0 Å². The summed E-state index contributed by atoms with van der Waals surface area (Å²) in [6.45, 7) is 2.07. The Kier molecular flexibility index (Phi) is 3.48. The summed E-state index contributed by atoms with van der Waals surface area (Å²) in [5.74, 6) is 3.18. The monoisotopic (exact) mass is 196 g/mol. The van der Waals surface area contributed by atoms with Crippen molar-refractivity contribution in [3.05, 3.63) is 0 Å². The fourth-order valence-electron chi connectivity index (χ4n) is 3.55. The Labute approximate surface area is 87.9 Å². The van der Waals surface area contributed by atoms with Crippen molar-refractivity contribution >= 4 is 0 Å². The quantitative estimate of drug-likeness (QED) is 0.715. The Bertz CT molecular complexity index is 178. The SMILES string of the molecule is CCC(O)CCCC1CC2CCC1C2. The van der Waals surface area contributed by atoms with E-state index in [1.54, 1.807) is 0 Å². The molecule has 0 aromatic rings. The van der Waals surface area contributed by atoms with E-state index >= 15 is 0 Å². The van der Waals surface area contributed by atoms with Crippen molar-refractivity contribution in [2.24, 2.45) is 17.8 Å². The number of hydrogen-bond acceptors (Lipinski definition) is 1. The van der Waals surface area contributed by atoms with Crippen LogP contribution in [0.5, 0.6) is 0 Å². The predicted octanol–water partition coefficient (Wildman–Crippen LogP) is 3.36. The second-order valence-electron chi connectivity index (χ2n) is 5.43. The van der Waals surface area contributed by atoms with Gasteiger partial charge in [-0.2, -0.15) is 0 Å². The first-order valence-corrected chi connectivity index (χ1v) is 6.47. The zero-order valence-corrected chi connectivity index (χ0v) is 9.41. The third kappa shape index (κ3) is 2.31. The lowest BCUT2D eigenvalue weighted by molar-refractivity contribution is 0.152. The molecule has 0 spiro atoms. The highest BCUT2D eigenvalue weighted by Gasteiger charge is 2.38. The third-order valence-electron chi connectivity index (χ3n) is 4.47.